The maximum absolute atomic E-state index is 11.7. The van der Waals surface area contributed by atoms with Crippen LogP contribution in [0.4, 0.5) is 0 Å². The molecule has 5 heteroatoms. The van der Waals surface area contributed by atoms with Gasteiger partial charge in [-0.05, 0) is 31.5 Å². The van der Waals surface area contributed by atoms with E-state index in [0.29, 0.717) is 11.1 Å². The smallest absolute Gasteiger partial charge is 0.320 e. The van der Waals surface area contributed by atoms with Gasteiger partial charge in [0.15, 0.2) is 0 Å². The standard InChI is InChI=1S/C13H15NO4/c1-3-18-13(17)11(8(2)15)9-4-6-10(7-5-9)12(14)16/h4-7,11H,3H2,1-2H3,(H2,14,16). The molecule has 1 amide bonds. The molecule has 0 heterocycles. The van der Waals surface area contributed by atoms with Crippen LogP contribution in [0.25, 0.3) is 0 Å². The molecular formula is C13H15NO4. The molecule has 0 aliphatic rings. The molecule has 0 aliphatic heterocycles. The Bertz CT molecular complexity index is 464. The lowest BCUT2D eigenvalue weighted by Gasteiger charge is -2.13. The topological polar surface area (TPSA) is 86.5 Å². The maximum atomic E-state index is 11.7. The maximum Gasteiger partial charge on any atom is 0.320 e. The van der Waals surface area contributed by atoms with Gasteiger partial charge in [0.25, 0.3) is 0 Å². The summed E-state index contributed by atoms with van der Waals surface area (Å²) in [5, 5.41) is 0. The highest BCUT2D eigenvalue weighted by Gasteiger charge is 2.26. The number of primary amides is 1. The minimum atomic E-state index is -0.952. The summed E-state index contributed by atoms with van der Waals surface area (Å²) in [6, 6.07) is 6.02. The van der Waals surface area contributed by atoms with E-state index in [4.69, 9.17) is 10.5 Å². The summed E-state index contributed by atoms with van der Waals surface area (Å²) in [5.41, 5.74) is 5.93. The van der Waals surface area contributed by atoms with Crippen molar-refractivity contribution < 1.29 is 19.1 Å². The number of ether oxygens (including phenoxy) is 1. The van der Waals surface area contributed by atoms with Crippen molar-refractivity contribution in [2.24, 2.45) is 5.73 Å². The van der Waals surface area contributed by atoms with E-state index in [2.05, 4.69) is 0 Å². The van der Waals surface area contributed by atoms with Crippen LogP contribution in [0, 0.1) is 0 Å². The van der Waals surface area contributed by atoms with Crippen LogP contribution in [0.1, 0.15) is 35.7 Å². The Balaban J connectivity index is 3.03. The second kappa shape index (κ2) is 5.95. The Labute approximate surface area is 105 Å². The summed E-state index contributed by atoms with van der Waals surface area (Å²) in [5.74, 6) is -2.40. The number of Topliss-reactive ketones (excluding diaryl/α,β-unsaturated/α-hetero) is 1. The Morgan fingerprint density at radius 1 is 1.22 bits per heavy atom. The third kappa shape index (κ3) is 3.16. The molecule has 1 unspecified atom stereocenters. The van der Waals surface area contributed by atoms with Crippen LogP contribution in [0.5, 0.6) is 0 Å². The van der Waals surface area contributed by atoms with E-state index in [9.17, 15) is 14.4 Å². The lowest BCUT2D eigenvalue weighted by atomic mass is 9.94. The SMILES string of the molecule is CCOC(=O)C(C(C)=O)c1ccc(C(N)=O)cc1. The fourth-order valence-corrected chi connectivity index (χ4v) is 1.60. The fraction of sp³-hybridized carbons (Fsp3) is 0.308. The molecule has 18 heavy (non-hydrogen) atoms. The number of esters is 1. The van der Waals surface area contributed by atoms with Crippen molar-refractivity contribution in [2.75, 3.05) is 6.61 Å². The van der Waals surface area contributed by atoms with Crippen molar-refractivity contribution in [2.45, 2.75) is 19.8 Å². The van der Waals surface area contributed by atoms with Crippen molar-refractivity contribution >= 4 is 17.7 Å². The first kappa shape index (κ1) is 13.9. The fourth-order valence-electron chi connectivity index (χ4n) is 1.60. The second-order valence-corrected chi connectivity index (χ2v) is 3.78. The van der Waals surface area contributed by atoms with Crippen molar-refractivity contribution in [1.29, 1.82) is 0 Å². The number of ketones is 1. The van der Waals surface area contributed by atoms with Gasteiger partial charge in [0.05, 0.1) is 6.61 Å². The zero-order valence-corrected chi connectivity index (χ0v) is 10.3. The molecule has 0 bridgehead atoms. The predicted octanol–water partition coefficient (Wildman–Crippen LogP) is 1.02. The van der Waals surface area contributed by atoms with E-state index < -0.39 is 17.8 Å². The molecule has 1 rings (SSSR count). The van der Waals surface area contributed by atoms with Gasteiger partial charge in [-0.15, -0.1) is 0 Å². The molecule has 1 atom stereocenters. The van der Waals surface area contributed by atoms with Crippen LogP contribution in [-0.4, -0.2) is 24.3 Å². The molecule has 0 fully saturated rings. The first-order valence-electron chi connectivity index (χ1n) is 5.54. The highest BCUT2D eigenvalue weighted by molar-refractivity contribution is 6.03. The van der Waals surface area contributed by atoms with E-state index in [0.717, 1.165) is 0 Å². The van der Waals surface area contributed by atoms with Crippen LogP contribution >= 0.6 is 0 Å². The van der Waals surface area contributed by atoms with Gasteiger partial charge in [-0.25, -0.2) is 0 Å². The highest BCUT2D eigenvalue weighted by atomic mass is 16.5. The number of rotatable bonds is 5. The molecule has 0 spiro atoms. The van der Waals surface area contributed by atoms with Crippen molar-refractivity contribution in [3.63, 3.8) is 0 Å². The molecule has 2 N–H and O–H groups in total. The molecule has 1 aromatic rings. The normalized spacial score (nSPS) is 11.7. The number of hydrogen-bond acceptors (Lipinski definition) is 4. The van der Waals surface area contributed by atoms with Gasteiger partial charge in [0, 0.05) is 5.56 Å². The van der Waals surface area contributed by atoms with Crippen LogP contribution in [0.15, 0.2) is 24.3 Å². The van der Waals surface area contributed by atoms with Gasteiger partial charge < -0.3 is 10.5 Å². The summed E-state index contributed by atoms with van der Waals surface area (Å²) in [6.07, 6.45) is 0. The lowest BCUT2D eigenvalue weighted by Crippen LogP contribution is -2.22. The quantitative estimate of drug-likeness (QED) is 0.623. The first-order valence-corrected chi connectivity index (χ1v) is 5.54. The molecular weight excluding hydrogens is 234 g/mol. The second-order valence-electron chi connectivity index (χ2n) is 3.78. The summed E-state index contributed by atoms with van der Waals surface area (Å²) >= 11 is 0. The predicted molar refractivity (Wildman–Crippen MR) is 65.0 cm³/mol. The number of benzene rings is 1. The number of nitrogens with two attached hydrogens (primary N) is 1. The Hall–Kier alpha value is -2.17. The van der Waals surface area contributed by atoms with Gasteiger partial charge >= 0.3 is 5.97 Å². The molecule has 0 aromatic heterocycles. The van der Waals surface area contributed by atoms with E-state index in [-0.39, 0.29) is 12.4 Å². The van der Waals surface area contributed by atoms with Crippen molar-refractivity contribution in [3.8, 4) is 0 Å². The molecule has 0 aliphatic carbocycles. The van der Waals surface area contributed by atoms with Crippen LogP contribution in [-0.2, 0) is 14.3 Å². The van der Waals surface area contributed by atoms with E-state index in [1.807, 2.05) is 0 Å². The zero-order valence-electron chi connectivity index (χ0n) is 10.3. The molecule has 0 saturated carbocycles. The largest absolute Gasteiger partial charge is 0.465 e. The van der Waals surface area contributed by atoms with Crippen molar-refractivity contribution in [1.82, 2.24) is 0 Å². The van der Waals surface area contributed by atoms with E-state index >= 15 is 0 Å². The summed E-state index contributed by atoms with van der Waals surface area (Å²) in [6.45, 7) is 3.21. The Morgan fingerprint density at radius 3 is 2.17 bits per heavy atom. The van der Waals surface area contributed by atoms with Gasteiger partial charge in [-0.3, -0.25) is 14.4 Å². The van der Waals surface area contributed by atoms with Gasteiger partial charge in [0.1, 0.15) is 11.7 Å². The number of carbonyl (C=O) groups is 3. The highest BCUT2D eigenvalue weighted by Crippen LogP contribution is 2.19. The number of amides is 1. The number of carbonyl (C=O) groups excluding carboxylic acids is 3. The molecule has 0 saturated heterocycles. The van der Waals surface area contributed by atoms with Gasteiger partial charge in [0.2, 0.25) is 5.91 Å². The molecule has 5 nitrogen and oxygen atoms in total. The lowest BCUT2D eigenvalue weighted by molar-refractivity contribution is -0.147. The van der Waals surface area contributed by atoms with E-state index in [1.54, 1.807) is 6.92 Å². The van der Waals surface area contributed by atoms with Gasteiger partial charge in [-0.1, -0.05) is 12.1 Å². The Morgan fingerprint density at radius 2 is 1.78 bits per heavy atom. The summed E-state index contributed by atoms with van der Waals surface area (Å²) in [7, 11) is 0. The molecule has 96 valence electrons. The third-order valence-electron chi connectivity index (χ3n) is 2.46. The first-order chi connectivity index (χ1) is 8.47. The summed E-state index contributed by atoms with van der Waals surface area (Å²) in [4.78, 5) is 34.1. The minimum absolute atomic E-state index is 0.210. The van der Waals surface area contributed by atoms with Crippen molar-refractivity contribution in [3.05, 3.63) is 35.4 Å². The van der Waals surface area contributed by atoms with Crippen LogP contribution in [0.3, 0.4) is 0 Å². The van der Waals surface area contributed by atoms with Crippen LogP contribution < -0.4 is 5.73 Å². The average Bonchev–Trinajstić information content (AvgIpc) is 2.29. The summed E-state index contributed by atoms with van der Waals surface area (Å²) < 4.78 is 4.85. The molecule has 1 aromatic carbocycles. The van der Waals surface area contributed by atoms with E-state index in [1.165, 1.54) is 31.2 Å². The van der Waals surface area contributed by atoms with Crippen LogP contribution in [0.2, 0.25) is 0 Å². The Kier molecular flexibility index (Phi) is 4.59. The molecule has 0 radical (unpaired) electrons. The third-order valence-corrected chi connectivity index (χ3v) is 2.46. The minimum Gasteiger partial charge on any atom is -0.465 e. The monoisotopic (exact) mass is 249 g/mol. The number of hydrogen-bond donors (Lipinski definition) is 1. The average molecular weight is 249 g/mol. The zero-order chi connectivity index (χ0) is 13.7. The van der Waals surface area contributed by atoms with Gasteiger partial charge in [-0.2, -0.15) is 0 Å².